The summed E-state index contributed by atoms with van der Waals surface area (Å²) in [4.78, 5) is 28.3. The van der Waals surface area contributed by atoms with E-state index >= 15 is 0 Å². The minimum absolute atomic E-state index is 0.0546. The average molecular weight is 410 g/mol. The lowest BCUT2D eigenvalue weighted by molar-refractivity contribution is -0.117. The lowest BCUT2D eigenvalue weighted by Crippen LogP contribution is -2.45. The van der Waals surface area contributed by atoms with Crippen LogP contribution in [0, 0.1) is 12.8 Å². The normalized spacial score (nSPS) is 17.9. The monoisotopic (exact) mass is 409 g/mol. The van der Waals surface area contributed by atoms with Gasteiger partial charge in [0, 0.05) is 30.8 Å². The van der Waals surface area contributed by atoms with Gasteiger partial charge in [0.1, 0.15) is 5.60 Å². The second kappa shape index (κ2) is 9.61. The Morgan fingerprint density at radius 2 is 2.07 bits per heavy atom. The lowest BCUT2D eigenvalue weighted by Gasteiger charge is -2.34. The van der Waals surface area contributed by atoms with Gasteiger partial charge in [-0.05, 0) is 70.7 Å². The van der Waals surface area contributed by atoms with Crippen molar-refractivity contribution in [3.05, 3.63) is 28.8 Å². The molecule has 2 rings (SSSR count). The molecule has 156 valence electrons. The number of anilines is 1. The molecule has 1 fully saturated rings. The summed E-state index contributed by atoms with van der Waals surface area (Å²) in [6, 6.07) is 5.51. The number of aryl methyl sites for hydroxylation is 1. The van der Waals surface area contributed by atoms with Gasteiger partial charge in [-0.3, -0.25) is 9.69 Å². The van der Waals surface area contributed by atoms with Crippen LogP contribution in [0.5, 0.6) is 0 Å². The quantitative estimate of drug-likeness (QED) is 0.792. The molecule has 0 saturated carbocycles. The smallest absolute Gasteiger partial charge is 0.410 e. The van der Waals surface area contributed by atoms with Crippen LogP contribution in [-0.4, -0.2) is 60.6 Å². The third kappa shape index (κ3) is 7.32. The Morgan fingerprint density at radius 1 is 1.36 bits per heavy atom. The summed E-state index contributed by atoms with van der Waals surface area (Å²) in [5.74, 6) is 0.272. The Hall–Kier alpha value is -1.79. The van der Waals surface area contributed by atoms with Crippen LogP contribution in [0.2, 0.25) is 5.02 Å². The molecule has 1 aromatic rings. The number of nitrogens with one attached hydrogen (secondary N) is 1. The first-order valence-corrected chi connectivity index (χ1v) is 10.1. The summed E-state index contributed by atoms with van der Waals surface area (Å²) >= 11 is 6.12. The molecule has 0 aliphatic carbocycles. The molecule has 1 saturated heterocycles. The number of hydrogen-bond donors (Lipinski definition) is 1. The van der Waals surface area contributed by atoms with E-state index in [2.05, 4.69) is 10.2 Å². The minimum atomic E-state index is -0.499. The standard InChI is InChI=1S/C21H32ClN3O3/c1-15-8-9-17(11-18(15)22)23-19(26)14-25-10-6-7-16(13-25)12-24(5)20(27)28-21(2,3)4/h8-9,11,16H,6-7,10,12-14H2,1-5H3,(H,23,26). The highest BCUT2D eigenvalue weighted by atomic mass is 35.5. The molecular formula is C21H32ClN3O3. The molecule has 7 heteroatoms. The fraction of sp³-hybridized carbons (Fsp3) is 0.619. The van der Waals surface area contributed by atoms with Crippen LogP contribution < -0.4 is 5.32 Å². The fourth-order valence-corrected chi connectivity index (χ4v) is 3.50. The van der Waals surface area contributed by atoms with Crippen molar-refractivity contribution in [1.29, 1.82) is 0 Å². The zero-order valence-electron chi connectivity index (χ0n) is 17.5. The van der Waals surface area contributed by atoms with Crippen molar-refractivity contribution < 1.29 is 14.3 Å². The number of likely N-dealkylation sites (tertiary alicyclic amines) is 1. The number of ether oxygens (including phenoxy) is 1. The van der Waals surface area contributed by atoms with Gasteiger partial charge in [-0.25, -0.2) is 4.79 Å². The largest absolute Gasteiger partial charge is 0.444 e. The molecule has 1 N–H and O–H groups in total. The van der Waals surface area contributed by atoms with Crippen molar-refractivity contribution in [2.24, 2.45) is 5.92 Å². The van der Waals surface area contributed by atoms with Crippen molar-refractivity contribution in [2.45, 2.75) is 46.1 Å². The summed E-state index contributed by atoms with van der Waals surface area (Å²) in [5, 5.41) is 3.55. The number of rotatable bonds is 5. The molecule has 1 aromatic carbocycles. The van der Waals surface area contributed by atoms with Gasteiger partial charge in [0.15, 0.2) is 0 Å². The summed E-state index contributed by atoms with van der Waals surface area (Å²) in [7, 11) is 1.76. The van der Waals surface area contributed by atoms with Crippen LogP contribution >= 0.6 is 11.6 Å². The Morgan fingerprint density at radius 3 is 2.71 bits per heavy atom. The van der Waals surface area contributed by atoms with Crippen molar-refractivity contribution in [2.75, 3.05) is 38.5 Å². The second-order valence-corrected chi connectivity index (χ2v) is 9.02. The number of carbonyl (C=O) groups is 2. The van der Waals surface area contributed by atoms with E-state index in [4.69, 9.17) is 16.3 Å². The summed E-state index contributed by atoms with van der Waals surface area (Å²) in [6.45, 7) is 10.1. The van der Waals surface area contributed by atoms with Crippen molar-refractivity contribution in [1.82, 2.24) is 9.80 Å². The maximum absolute atomic E-state index is 12.4. The highest BCUT2D eigenvalue weighted by molar-refractivity contribution is 6.31. The predicted octanol–water partition coefficient (Wildman–Crippen LogP) is 4.17. The van der Waals surface area contributed by atoms with Gasteiger partial charge in [0.05, 0.1) is 6.54 Å². The highest BCUT2D eigenvalue weighted by Gasteiger charge is 2.26. The van der Waals surface area contributed by atoms with E-state index in [1.165, 1.54) is 0 Å². The zero-order chi connectivity index (χ0) is 20.9. The van der Waals surface area contributed by atoms with E-state index in [-0.39, 0.29) is 12.0 Å². The molecule has 2 amide bonds. The average Bonchev–Trinajstić information content (AvgIpc) is 2.57. The molecule has 6 nitrogen and oxygen atoms in total. The third-order valence-corrected chi connectivity index (χ3v) is 5.07. The Bertz CT molecular complexity index is 703. The predicted molar refractivity (Wildman–Crippen MR) is 113 cm³/mol. The van der Waals surface area contributed by atoms with Gasteiger partial charge in [-0.15, -0.1) is 0 Å². The number of nitrogens with zero attached hydrogens (tertiary/aromatic N) is 2. The Labute approximate surface area is 173 Å². The van der Waals surface area contributed by atoms with E-state index in [9.17, 15) is 9.59 Å². The van der Waals surface area contributed by atoms with E-state index < -0.39 is 5.60 Å². The number of benzene rings is 1. The topological polar surface area (TPSA) is 61.9 Å². The van der Waals surface area contributed by atoms with Gasteiger partial charge in [-0.2, -0.15) is 0 Å². The van der Waals surface area contributed by atoms with E-state index in [1.54, 1.807) is 18.0 Å². The zero-order valence-corrected chi connectivity index (χ0v) is 18.3. The van der Waals surface area contributed by atoms with E-state index in [0.29, 0.717) is 29.7 Å². The van der Waals surface area contributed by atoms with Crippen LogP contribution in [0.4, 0.5) is 10.5 Å². The van der Waals surface area contributed by atoms with Crippen LogP contribution in [0.15, 0.2) is 18.2 Å². The molecule has 0 spiro atoms. The molecule has 0 bridgehead atoms. The first-order chi connectivity index (χ1) is 13.0. The lowest BCUT2D eigenvalue weighted by atomic mass is 9.97. The Balaban J connectivity index is 1.82. The molecule has 1 heterocycles. The molecule has 1 unspecified atom stereocenters. The fourth-order valence-electron chi connectivity index (χ4n) is 3.32. The van der Waals surface area contributed by atoms with E-state index in [0.717, 1.165) is 31.5 Å². The maximum Gasteiger partial charge on any atom is 0.410 e. The van der Waals surface area contributed by atoms with Gasteiger partial charge in [-0.1, -0.05) is 17.7 Å². The van der Waals surface area contributed by atoms with Crippen molar-refractivity contribution >= 4 is 29.3 Å². The van der Waals surface area contributed by atoms with Crippen molar-refractivity contribution in [3.63, 3.8) is 0 Å². The number of hydrogen-bond acceptors (Lipinski definition) is 4. The van der Waals surface area contributed by atoms with Gasteiger partial charge in [0.25, 0.3) is 0 Å². The second-order valence-electron chi connectivity index (χ2n) is 8.62. The van der Waals surface area contributed by atoms with E-state index in [1.807, 2.05) is 39.8 Å². The number of carbonyl (C=O) groups excluding carboxylic acids is 2. The summed E-state index contributed by atoms with van der Waals surface area (Å²) in [6.07, 6.45) is 1.74. The molecule has 1 aliphatic heterocycles. The first kappa shape index (κ1) is 22.5. The molecule has 0 aromatic heterocycles. The molecular weight excluding hydrogens is 378 g/mol. The third-order valence-electron chi connectivity index (χ3n) is 4.66. The van der Waals surface area contributed by atoms with Gasteiger partial charge < -0.3 is 15.0 Å². The maximum atomic E-state index is 12.4. The summed E-state index contributed by atoms with van der Waals surface area (Å²) in [5.41, 5.74) is 1.19. The van der Waals surface area contributed by atoms with Crippen LogP contribution in [0.1, 0.15) is 39.2 Å². The first-order valence-electron chi connectivity index (χ1n) is 9.76. The minimum Gasteiger partial charge on any atom is -0.444 e. The number of amides is 2. The van der Waals surface area contributed by atoms with Crippen molar-refractivity contribution in [3.8, 4) is 0 Å². The molecule has 0 radical (unpaired) electrons. The highest BCUT2D eigenvalue weighted by Crippen LogP contribution is 2.21. The van der Waals surface area contributed by atoms with Gasteiger partial charge >= 0.3 is 6.09 Å². The van der Waals surface area contributed by atoms with Gasteiger partial charge in [0.2, 0.25) is 5.91 Å². The van der Waals surface area contributed by atoms with Crippen LogP contribution in [0.3, 0.4) is 0 Å². The molecule has 1 atom stereocenters. The Kier molecular flexibility index (Phi) is 7.72. The van der Waals surface area contributed by atoms with Crippen LogP contribution in [0.25, 0.3) is 0 Å². The molecule has 1 aliphatic rings. The number of halogens is 1. The summed E-state index contributed by atoms with van der Waals surface area (Å²) < 4.78 is 5.42. The number of piperidine rings is 1. The molecule has 28 heavy (non-hydrogen) atoms. The van der Waals surface area contributed by atoms with Crippen LogP contribution in [-0.2, 0) is 9.53 Å². The SMILES string of the molecule is Cc1ccc(NC(=O)CN2CCCC(CN(C)C(=O)OC(C)(C)C)C2)cc1Cl.